The fraction of sp³-hybridized carbons (Fsp3) is 0.600. The summed E-state index contributed by atoms with van der Waals surface area (Å²) >= 11 is 1.04. The van der Waals surface area contributed by atoms with Crippen LogP contribution < -0.4 is 0 Å². The lowest BCUT2D eigenvalue weighted by molar-refractivity contribution is -0.141. The minimum atomic E-state index is -3.38. The smallest absolute Gasteiger partial charge is 0.308 e. The van der Waals surface area contributed by atoms with E-state index in [1.807, 2.05) is 6.92 Å². The molecule has 9 heteroatoms. The van der Waals surface area contributed by atoms with E-state index in [0.717, 1.165) is 17.6 Å². The molecule has 0 saturated carbocycles. The number of carboxylic acid groups (broad SMARTS) is 1. The number of aliphatic carboxylic acids is 1. The fourth-order valence-corrected chi connectivity index (χ4v) is 3.95. The first-order valence-electron chi connectivity index (χ1n) is 7.55. The first kappa shape index (κ1) is 20.6. The van der Waals surface area contributed by atoms with Crippen LogP contribution in [0.1, 0.15) is 29.9 Å². The quantitative estimate of drug-likeness (QED) is 0.623. The van der Waals surface area contributed by atoms with Gasteiger partial charge in [-0.25, -0.2) is 8.42 Å². The molecule has 0 aliphatic heterocycles. The lowest BCUT2D eigenvalue weighted by Gasteiger charge is -2.24. The molecule has 1 aromatic heterocycles. The lowest BCUT2D eigenvalue weighted by atomic mass is 10.1. The highest BCUT2D eigenvalue weighted by Gasteiger charge is 2.23. The van der Waals surface area contributed by atoms with Gasteiger partial charge in [-0.3, -0.25) is 9.59 Å². The number of nitrogens with zero attached hydrogens (tertiary/aromatic N) is 1. The van der Waals surface area contributed by atoms with Crippen LogP contribution in [0.3, 0.4) is 0 Å². The molecule has 7 nitrogen and oxygen atoms in total. The maximum Gasteiger partial charge on any atom is 0.308 e. The Bertz CT molecular complexity index is 667. The van der Waals surface area contributed by atoms with Gasteiger partial charge in [0.1, 0.15) is 0 Å². The highest BCUT2D eigenvalue weighted by Crippen LogP contribution is 2.21. The van der Waals surface area contributed by atoms with E-state index in [9.17, 15) is 18.0 Å². The molecule has 0 aliphatic carbocycles. The largest absolute Gasteiger partial charge is 0.481 e. The third-order valence-corrected chi connectivity index (χ3v) is 5.50. The number of amides is 1. The van der Waals surface area contributed by atoms with Crippen LogP contribution in [0.2, 0.25) is 0 Å². The molecular weight excluding hydrogens is 354 g/mol. The Morgan fingerprint density at radius 1 is 1.42 bits per heavy atom. The van der Waals surface area contributed by atoms with Crippen LogP contribution in [0.5, 0.6) is 0 Å². The van der Waals surface area contributed by atoms with Crippen molar-refractivity contribution in [1.82, 2.24) is 4.90 Å². The maximum absolute atomic E-state index is 12.6. The van der Waals surface area contributed by atoms with Gasteiger partial charge < -0.3 is 14.7 Å². The average molecular weight is 377 g/mol. The summed E-state index contributed by atoms with van der Waals surface area (Å²) in [5, 5.41) is 10.5. The molecule has 1 rings (SSSR count). The van der Waals surface area contributed by atoms with E-state index >= 15 is 0 Å². The Kier molecular flexibility index (Phi) is 7.85. The van der Waals surface area contributed by atoms with Crippen LogP contribution in [-0.4, -0.2) is 62.9 Å². The van der Waals surface area contributed by atoms with Gasteiger partial charge in [0.25, 0.3) is 5.91 Å². The van der Waals surface area contributed by atoms with Crippen LogP contribution in [-0.2, 0) is 19.4 Å². The first-order valence-corrected chi connectivity index (χ1v) is 10.3. The molecule has 0 spiro atoms. The van der Waals surface area contributed by atoms with Crippen molar-refractivity contribution >= 4 is 33.1 Å². The molecule has 0 fully saturated rings. The summed E-state index contributed by atoms with van der Waals surface area (Å²) in [5.41, 5.74) is 0. The summed E-state index contributed by atoms with van der Waals surface area (Å²) in [5.74, 6) is -2.06. The van der Waals surface area contributed by atoms with E-state index in [0.29, 0.717) is 26.2 Å². The van der Waals surface area contributed by atoms with Crippen molar-refractivity contribution in [1.29, 1.82) is 0 Å². The van der Waals surface area contributed by atoms with Crippen LogP contribution in [0.15, 0.2) is 16.3 Å². The standard InChI is InChI=1S/C15H23NO6S2/c1-4-22-7-5-6-16(9-11(2)15(18)19)14(17)13-8-12(10-23-13)24(3,20)21/h8,10-11H,4-7,9H2,1-3H3,(H,18,19). The summed E-state index contributed by atoms with van der Waals surface area (Å²) in [7, 11) is -3.38. The zero-order valence-electron chi connectivity index (χ0n) is 14.0. The predicted molar refractivity (Wildman–Crippen MR) is 91.2 cm³/mol. The SMILES string of the molecule is CCOCCCN(CC(C)C(=O)O)C(=O)c1cc(S(C)(=O)=O)cs1. The number of hydrogen-bond donors (Lipinski definition) is 1. The van der Waals surface area contributed by atoms with Gasteiger partial charge in [-0.05, 0) is 19.4 Å². The Labute approximate surface area is 146 Å². The first-order chi connectivity index (χ1) is 11.2. The summed E-state index contributed by atoms with van der Waals surface area (Å²) in [6.45, 7) is 4.85. The Morgan fingerprint density at radius 2 is 2.08 bits per heavy atom. The topological polar surface area (TPSA) is 101 Å². The van der Waals surface area contributed by atoms with Gasteiger partial charge in [-0.15, -0.1) is 11.3 Å². The summed E-state index contributed by atoms with van der Waals surface area (Å²) in [6.07, 6.45) is 1.66. The van der Waals surface area contributed by atoms with Gasteiger partial charge in [0, 0.05) is 37.9 Å². The summed E-state index contributed by atoms with van der Waals surface area (Å²) < 4.78 is 28.3. The zero-order valence-corrected chi connectivity index (χ0v) is 15.7. The monoisotopic (exact) mass is 377 g/mol. The highest BCUT2D eigenvalue weighted by molar-refractivity contribution is 7.90. The van der Waals surface area contributed by atoms with Crippen LogP contribution in [0.4, 0.5) is 0 Å². The molecule has 1 atom stereocenters. The Hall–Kier alpha value is -1.45. The second-order valence-corrected chi connectivity index (χ2v) is 8.39. The third-order valence-electron chi connectivity index (χ3n) is 3.34. The van der Waals surface area contributed by atoms with Crippen molar-refractivity contribution < 1.29 is 27.9 Å². The van der Waals surface area contributed by atoms with Gasteiger partial charge in [0.15, 0.2) is 9.84 Å². The number of carbonyl (C=O) groups is 2. The number of thiophene rings is 1. The molecule has 0 aromatic carbocycles. The van der Waals surface area contributed by atoms with Crippen LogP contribution >= 0.6 is 11.3 Å². The van der Waals surface area contributed by atoms with Crippen LogP contribution in [0, 0.1) is 5.92 Å². The minimum absolute atomic E-state index is 0.0619. The number of carboxylic acids is 1. The lowest BCUT2D eigenvalue weighted by Crippen LogP contribution is -2.37. The molecule has 0 bridgehead atoms. The fourth-order valence-electron chi connectivity index (χ4n) is 1.97. The minimum Gasteiger partial charge on any atom is -0.481 e. The number of carbonyl (C=O) groups excluding carboxylic acids is 1. The van der Waals surface area contributed by atoms with Gasteiger partial charge in [0.2, 0.25) is 0 Å². The van der Waals surface area contributed by atoms with E-state index in [2.05, 4.69) is 0 Å². The molecule has 1 N–H and O–H groups in total. The molecule has 1 aromatic rings. The van der Waals surface area contributed by atoms with E-state index in [1.54, 1.807) is 0 Å². The van der Waals surface area contributed by atoms with Gasteiger partial charge in [-0.2, -0.15) is 0 Å². The molecular formula is C15H23NO6S2. The van der Waals surface area contributed by atoms with Gasteiger partial charge >= 0.3 is 5.97 Å². The van der Waals surface area contributed by atoms with Crippen molar-refractivity contribution in [3.8, 4) is 0 Å². The summed E-state index contributed by atoms with van der Waals surface area (Å²) in [6, 6.07) is 1.34. The average Bonchev–Trinajstić information content (AvgIpc) is 2.99. The van der Waals surface area contributed by atoms with E-state index in [-0.39, 0.29) is 22.2 Å². The van der Waals surface area contributed by atoms with Crippen LogP contribution in [0.25, 0.3) is 0 Å². The molecule has 24 heavy (non-hydrogen) atoms. The maximum atomic E-state index is 12.6. The van der Waals surface area contributed by atoms with E-state index in [1.165, 1.54) is 23.3 Å². The molecule has 1 amide bonds. The van der Waals surface area contributed by atoms with E-state index in [4.69, 9.17) is 9.84 Å². The molecule has 1 unspecified atom stereocenters. The number of rotatable bonds is 10. The van der Waals surface area contributed by atoms with Crippen molar-refractivity contribution in [2.75, 3.05) is 32.6 Å². The van der Waals surface area contributed by atoms with Gasteiger partial charge in [-0.1, -0.05) is 6.92 Å². The number of ether oxygens (including phenoxy) is 1. The van der Waals surface area contributed by atoms with Crippen molar-refractivity contribution in [2.24, 2.45) is 5.92 Å². The van der Waals surface area contributed by atoms with Crippen molar-refractivity contribution in [2.45, 2.75) is 25.2 Å². The third kappa shape index (κ3) is 6.21. The molecule has 1 heterocycles. The highest BCUT2D eigenvalue weighted by atomic mass is 32.2. The second-order valence-electron chi connectivity index (χ2n) is 5.46. The predicted octanol–water partition coefficient (Wildman–Crippen LogP) is 1.74. The summed E-state index contributed by atoms with van der Waals surface area (Å²) in [4.78, 5) is 25.5. The number of sulfone groups is 1. The molecule has 136 valence electrons. The molecule has 0 aliphatic rings. The Morgan fingerprint density at radius 3 is 2.58 bits per heavy atom. The van der Waals surface area contributed by atoms with Crippen molar-refractivity contribution in [3.05, 3.63) is 16.3 Å². The Balaban J connectivity index is 2.88. The molecule has 0 radical (unpaired) electrons. The van der Waals surface area contributed by atoms with Gasteiger partial charge in [0.05, 0.1) is 15.7 Å². The van der Waals surface area contributed by atoms with E-state index < -0.39 is 21.7 Å². The second kappa shape index (κ2) is 9.14. The molecule has 0 saturated heterocycles. The zero-order chi connectivity index (χ0) is 18.3. The number of hydrogen-bond acceptors (Lipinski definition) is 6. The van der Waals surface area contributed by atoms with Crippen molar-refractivity contribution in [3.63, 3.8) is 0 Å². The normalized spacial score (nSPS) is 12.8.